The molecule has 0 aliphatic heterocycles. The molecule has 5 N–H and O–H groups in total. The molecule has 8 heteroatoms. The normalized spacial score (nSPS) is 11.6. The van der Waals surface area contributed by atoms with Gasteiger partial charge in [-0.05, 0) is 12.1 Å². The summed E-state index contributed by atoms with van der Waals surface area (Å²) in [6, 6.07) is 1.94. The van der Waals surface area contributed by atoms with E-state index < -0.39 is 41.8 Å². The van der Waals surface area contributed by atoms with Crippen molar-refractivity contribution in [2.75, 3.05) is 0 Å². The number of phenolic OH excluding ortho intramolecular Hbond substituents is 2. The maximum atomic E-state index is 11.7. The number of carboxylic acids is 2. The number of phenols is 2. The Kier molecular flexibility index (Phi) is 4.30. The molecule has 1 atom stereocenters. The van der Waals surface area contributed by atoms with Gasteiger partial charge in [0.05, 0.1) is 12.0 Å². The van der Waals surface area contributed by atoms with Crippen molar-refractivity contribution in [2.45, 2.75) is 12.5 Å². The Morgan fingerprint density at radius 2 is 1.79 bits per heavy atom. The lowest BCUT2D eigenvalue weighted by atomic mass is 10.1. The van der Waals surface area contributed by atoms with Crippen LogP contribution in [-0.4, -0.2) is 44.3 Å². The van der Waals surface area contributed by atoms with Gasteiger partial charge in [0.25, 0.3) is 5.91 Å². The Morgan fingerprint density at radius 1 is 1.16 bits per heavy atom. The summed E-state index contributed by atoms with van der Waals surface area (Å²) >= 11 is 0. The fourth-order valence-electron chi connectivity index (χ4n) is 1.33. The smallest absolute Gasteiger partial charge is 0.326 e. The summed E-state index contributed by atoms with van der Waals surface area (Å²) in [5.41, 5.74) is -0.350. The van der Waals surface area contributed by atoms with Crippen molar-refractivity contribution < 1.29 is 34.8 Å². The van der Waals surface area contributed by atoms with Crippen molar-refractivity contribution in [2.24, 2.45) is 0 Å². The summed E-state index contributed by atoms with van der Waals surface area (Å²) < 4.78 is 0. The first-order valence-electron chi connectivity index (χ1n) is 5.09. The van der Waals surface area contributed by atoms with Crippen LogP contribution in [0.2, 0.25) is 0 Å². The Bertz CT molecular complexity index is 526. The molecule has 0 spiro atoms. The minimum Gasteiger partial charge on any atom is -0.504 e. The number of para-hydroxylation sites is 1. The molecule has 0 aliphatic rings. The number of aromatic hydroxyl groups is 2. The summed E-state index contributed by atoms with van der Waals surface area (Å²) in [6.45, 7) is 0. The standard InChI is InChI=1S/C11H11NO7/c13-7-3-1-2-5(9(7)16)10(17)12-6(11(18)19)4-8(14)15/h1-3,6,13,16H,4H2,(H,12,17)(H,14,15)(H,18,19)/t6-/m1/s1. The lowest BCUT2D eigenvalue weighted by molar-refractivity contribution is -0.145. The first kappa shape index (κ1) is 14.3. The van der Waals surface area contributed by atoms with Crippen LogP contribution in [-0.2, 0) is 9.59 Å². The SMILES string of the molecule is O=C(O)C[C@@H](NC(=O)c1cccc(O)c1O)C(=O)O. The van der Waals surface area contributed by atoms with E-state index >= 15 is 0 Å². The van der Waals surface area contributed by atoms with Crippen LogP contribution >= 0.6 is 0 Å². The molecule has 0 saturated heterocycles. The molecule has 0 bridgehead atoms. The van der Waals surface area contributed by atoms with E-state index in [9.17, 15) is 24.6 Å². The molecule has 0 aliphatic carbocycles. The van der Waals surface area contributed by atoms with E-state index in [1.165, 1.54) is 6.07 Å². The second-order valence-corrected chi connectivity index (χ2v) is 3.64. The number of carbonyl (C=O) groups is 3. The number of rotatable bonds is 5. The minimum atomic E-state index is -1.63. The van der Waals surface area contributed by atoms with Crippen LogP contribution < -0.4 is 5.32 Å². The van der Waals surface area contributed by atoms with Gasteiger partial charge in [-0.15, -0.1) is 0 Å². The monoisotopic (exact) mass is 269 g/mol. The van der Waals surface area contributed by atoms with Gasteiger partial charge in [-0.25, -0.2) is 4.79 Å². The molecule has 102 valence electrons. The maximum Gasteiger partial charge on any atom is 0.326 e. The van der Waals surface area contributed by atoms with Crippen molar-refractivity contribution in [1.29, 1.82) is 0 Å². The van der Waals surface area contributed by atoms with Gasteiger partial charge in [0, 0.05) is 0 Å². The Morgan fingerprint density at radius 3 is 2.32 bits per heavy atom. The van der Waals surface area contributed by atoms with E-state index in [0.29, 0.717) is 0 Å². The molecular formula is C11H11NO7. The molecule has 0 aromatic heterocycles. The molecule has 1 amide bonds. The number of carboxylic acid groups (broad SMARTS) is 2. The first-order valence-corrected chi connectivity index (χ1v) is 5.09. The molecule has 8 nitrogen and oxygen atoms in total. The summed E-state index contributed by atoms with van der Waals surface area (Å²) in [5, 5.41) is 37.8. The van der Waals surface area contributed by atoms with Crippen molar-refractivity contribution in [3.63, 3.8) is 0 Å². The molecule has 19 heavy (non-hydrogen) atoms. The van der Waals surface area contributed by atoms with Crippen LogP contribution in [0.4, 0.5) is 0 Å². The van der Waals surface area contributed by atoms with E-state index in [4.69, 9.17) is 10.2 Å². The summed E-state index contributed by atoms with van der Waals surface area (Å²) in [7, 11) is 0. The third-order valence-corrected chi connectivity index (χ3v) is 2.24. The number of carbonyl (C=O) groups excluding carboxylic acids is 1. The maximum absolute atomic E-state index is 11.7. The fourth-order valence-corrected chi connectivity index (χ4v) is 1.33. The summed E-state index contributed by atoms with van der Waals surface area (Å²) in [6.07, 6.45) is -0.805. The van der Waals surface area contributed by atoms with Gasteiger partial charge in [0.15, 0.2) is 11.5 Å². The zero-order valence-corrected chi connectivity index (χ0v) is 9.53. The third kappa shape index (κ3) is 3.60. The molecule has 1 aromatic rings. The van der Waals surface area contributed by atoms with E-state index in [0.717, 1.165) is 12.1 Å². The number of hydrogen-bond acceptors (Lipinski definition) is 5. The number of amides is 1. The van der Waals surface area contributed by atoms with Gasteiger partial charge in [-0.1, -0.05) is 6.07 Å². The largest absolute Gasteiger partial charge is 0.504 e. The molecule has 0 unspecified atom stereocenters. The highest BCUT2D eigenvalue weighted by atomic mass is 16.4. The Balaban J connectivity index is 2.91. The Hall–Kier alpha value is -2.77. The average Bonchev–Trinajstić information content (AvgIpc) is 2.31. The number of benzene rings is 1. The van der Waals surface area contributed by atoms with Crippen LogP contribution in [0.15, 0.2) is 18.2 Å². The summed E-state index contributed by atoms with van der Waals surface area (Å²) in [5.74, 6) is -5.16. The van der Waals surface area contributed by atoms with Crippen LogP contribution in [0.3, 0.4) is 0 Å². The lowest BCUT2D eigenvalue weighted by Gasteiger charge is -2.13. The highest BCUT2D eigenvalue weighted by Crippen LogP contribution is 2.28. The molecular weight excluding hydrogens is 258 g/mol. The molecule has 1 rings (SSSR count). The van der Waals surface area contributed by atoms with Gasteiger partial charge in [-0.3, -0.25) is 9.59 Å². The van der Waals surface area contributed by atoms with Crippen LogP contribution in [0.5, 0.6) is 11.5 Å². The molecule has 0 saturated carbocycles. The predicted octanol–water partition coefficient (Wildman–Crippen LogP) is -0.245. The molecule has 1 aromatic carbocycles. The van der Waals surface area contributed by atoms with E-state index in [2.05, 4.69) is 0 Å². The van der Waals surface area contributed by atoms with Crippen LogP contribution in [0.25, 0.3) is 0 Å². The number of aliphatic carboxylic acids is 2. The first-order chi connectivity index (χ1) is 8.82. The predicted molar refractivity (Wildman–Crippen MR) is 60.9 cm³/mol. The zero-order chi connectivity index (χ0) is 14.6. The van der Waals surface area contributed by atoms with Crippen molar-refractivity contribution >= 4 is 17.8 Å². The van der Waals surface area contributed by atoms with Gasteiger partial charge < -0.3 is 25.7 Å². The van der Waals surface area contributed by atoms with Crippen LogP contribution in [0, 0.1) is 0 Å². The molecule has 0 radical (unpaired) electrons. The second kappa shape index (κ2) is 5.71. The van der Waals surface area contributed by atoms with E-state index in [1.807, 2.05) is 5.32 Å². The Labute approximate surface area is 106 Å². The minimum absolute atomic E-state index is 0.350. The van der Waals surface area contributed by atoms with E-state index in [1.54, 1.807) is 0 Å². The average molecular weight is 269 g/mol. The van der Waals surface area contributed by atoms with Crippen molar-refractivity contribution in [1.82, 2.24) is 5.32 Å². The highest BCUT2D eigenvalue weighted by molar-refractivity contribution is 6.00. The molecule has 0 fully saturated rings. The zero-order valence-electron chi connectivity index (χ0n) is 9.53. The fraction of sp³-hybridized carbons (Fsp3) is 0.182. The molecule has 0 heterocycles. The van der Waals surface area contributed by atoms with Crippen molar-refractivity contribution in [3.8, 4) is 11.5 Å². The third-order valence-electron chi connectivity index (χ3n) is 2.24. The summed E-state index contributed by atoms with van der Waals surface area (Å²) in [4.78, 5) is 32.9. The van der Waals surface area contributed by atoms with Gasteiger partial charge in [0.1, 0.15) is 6.04 Å². The van der Waals surface area contributed by atoms with E-state index in [-0.39, 0.29) is 5.56 Å². The van der Waals surface area contributed by atoms with Crippen LogP contribution in [0.1, 0.15) is 16.8 Å². The lowest BCUT2D eigenvalue weighted by Crippen LogP contribution is -2.42. The number of hydrogen-bond donors (Lipinski definition) is 5. The number of nitrogens with one attached hydrogen (secondary N) is 1. The van der Waals surface area contributed by atoms with Crippen molar-refractivity contribution in [3.05, 3.63) is 23.8 Å². The van der Waals surface area contributed by atoms with Gasteiger partial charge in [-0.2, -0.15) is 0 Å². The quantitative estimate of drug-likeness (QED) is 0.464. The second-order valence-electron chi connectivity index (χ2n) is 3.64. The topological polar surface area (TPSA) is 144 Å². The van der Waals surface area contributed by atoms with Gasteiger partial charge in [0.2, 0.25) is 0 Å². The highest BCUT2D eigenvalue weighted by Gasteiger charge is 2.25. The van der Waals surface area contributed by atoms with Gasteiger partial charge >= 0.3 is 11.9 Å².